The van der Waals surface area contributed by atoms with E-state index >= 15 is 0 Å². The summed E-state index contributed by atoms with van der Waals surface area (Å²) in [7, 11) is 0. The second-order valence-electron chi connectivity index (χ2n) is 2.90. The molecule has 96 valence electrons. The van der Waals surface area contributed by atoms with E-state index in [1.54, 1.807) is 0 Å². The summed E-state index contributed by atoms with van der Waals surface area (Å²) in [6.45, 7) is 1.00. The molecule has 9 heteroatoms. The van der Waals surface area contributed by atoms with Crippen LogP contribution in [0.3, 0.4) is 0 Å². The molecule has 0 rings (SSSR count). The Kier molecular flexibility index (Phi) is 4.18. The van der Waals surface area contributed by atoms with Crippen LogP contribution in [0, 0.1) is 0 Å². The highest BCUT2D eigenvalue weighted by atomic mass is 19.4. The molecule has 0 aromatic heterocycles. The normalized spacial score (nSPS) is 13.8. The molecule has 16 heavy (non-hydrogen) atoms. The van der Waals surface area contributed by atoms with Crippen LogP contribution in [0.5, 0.6) is 0 Å². The molecule has 0 aliphatic carbocycles. The van der Waals surface area contributed by atoms with E-state index in [0.29, 0.717) is 0 Å². The van der Waals surface area contributed by atoms with Crippen molar-refractivity contribution >= 4 is 5.91 Å². The third-order valence-corrected chi connectivity index (χ3v) is 1.57. The summed E-state index contributed by atoms with van der Waals surface area (Å²) in [4.78, 5) is 10.5. The van der Waals surface area contributed by atoms with Gasteiger partial charge in [-0.25, -0.2) is 0 Å². The molecular weight excluding hydrogens is 247 g/mol. The summed E-state index contributed by atoms with van der Waals surface area (Å²) in [5, 5.41) is 1.28. The first-order valence-electron chi connectivity index (χ1n) is 4.09. The molecule has 1 N–H and O–H groups in total. The van der Waals surface area contributed by atoms with Gasteiger partial charge >= 0.3 is 18.0 Å². The van der Waals surface area contributed by atoms with Gasteiger partial charge in [-0.1, -0.05) is 6.92 Å². The predicted molar refractivity (Wildman–Crippen MR) is 39.2 cm³/mol. The van der Waals surface area contributed by atoms with E-state index in [9.17, 15) is 35.5 Å². The topological polar surface area (TPSA) is 29.1 Å². The largest absolute Gasteiger partial charge is 0.460 e. The minimum absolute atomic E-state index is 0.124. The summed E-state index contributed by atoms with van der Waals surface area (Å²) in [6, 6.07) is 0. The molecule has 0 unspecified atom stereocenters. The van der Waals surface area contributed by atoms with Gasteiger partial charge in [0.1, 0.15) is 0 Å². The zero-order valence-electron chi connectivity index (χ0n) is 7.97. The van der Waals surface area contributed by atoms with Crippen molar-refractivity contribution in [2.45, 2.75) is 31.4 Å². The van der Waals surface area contributed by atoms with E-state index in [1.165, 1.54) is 12.2 Å². The number of carbonyl (C=O) groups excluding carboxylic acids is 1. The van der Waals surface area contributed by atoms with Crippen molar-refractivity contribution in [2.24, 2.45) is 0 Å². The number of alkyl halides is 7. The van der Waals surface area contributed by atoms with Crippen LogP contribution in [0.4, 0.5) is 30.7 Å². The van der Waals surface area contributed by atoms with Crippen LogP contribution in [0.15, 0.2) is 0 Å². The lowest BCUT2D eigenvalue weighted by molar-refractivity contribution is -0.344. The number of amides is 1. The van der Waals surface area contributed by atoms with E-state index in [0.717, 1.165) is 0 Å². The molecule has 0 heterocycles. The number of halogens is 7. The molecule has 0 aliphatic rings. The Hall–Kier alpha value is -1.02. The Morgan fingerprint density at radius 1 is 1.06 bits per heavy atom. The Bertz CT molecular complexity index is 260. The first-order chi connectivity index (χ1) is 6.98. The van der Waals surface area contributed by atoms with E-state index in [2.05, 4.69) is 0 Å². The summed E-state index contributed by atoms with van der Waals surface area (Å²) >= 11 is 0. The Labute approximate surface area is 85.8 Å². The lowest BCUT2D eigenvalue weighted by Crippen LogP contribution is -2.59. The molecule has 0 saturated heterocycles. The highest BCUT2D eigenvalue weighted by molar-refractivity contribution is 5.84. The van der Waals surface area contributed by atoms with Crippen LogP contribution in [-0.2, 0) is 4.79 Å². The van der Waals surface area contributed by atoms with E-state index in [4.69, 9.17) is 0 Å². The van der Waals surface area contributed by atoms with Crippen LogP contribution >= 0.6 is 0 Å². The Morgan fingerprint density at radius 3 is 1.81 bits per heavy atom. The zero-order valence-corrected chi connectivity index (χ0v) is 7.97. The second kappa shape index (κ2) is 4.46. The quantitative estimate of drug-likeness (QED) is 0.767. The van der Waals surface area contributed by atoms with Gasteiger partial charge < -0.3 is 5.32 Å². The lowest BCUT2D eigenvalue weighted by atomic mass is 10.1. The molecule has 0 aromatic carbocycles. The van der Waals surface area contributed by atoms with Crippen LogP contribution in [-0.4, -0.2) is 30.5 Å². The van der Waals surface area contributed by atoms with Gasteiger partial charge in [0.25, 0.3) is 5.91 Å². The fourth-order valence-corrected chi connectivity index (χ4v) is 0.670. The van der Waals surface area contributed by atoms with Crippen molar-refractivity contribution in [1.29, 1.82) is 0 Å². The van der Waals surface area contributed by atoms with Crippen molar-refractivity contribution in [2.75, 3.05) is 6.54 Å². The molecule has 0 bridgehead atoms. The van der Waals surface area contributed by atoms with Crippen molar-refractivity contribution in [1.82, 2.24) is 5.32 Å². The third kappa shape index (κ3) is 2.56. The van der Waals surface area contributed by atoms with E-state index in [-0.39, 0.29) is 6.42 Å². The van der Waals surface area contributed by atoms with Gasteiger partial charge in [-0.3, -0.25) is 4.79 Å². The molecule has 0 aliphatic heterocycles. The number of hydrogen-bond acceptors (Lipinski definition) is 1. The van der Waals surface area contributed by atoms with Gasteiger partial charge in [0.15, 0.2) is 0 Å². The molecule has 0 fully saturated rings. The highest BCUT2D eigenvalue weighted by Gasteiger charge is 2.76. The molecule has 2 nitrogen and oxygen atoms in total. The fraction of sp³-hybridized carbons (Fsp3) is 0.857. The lowest BCUT2D eigenvalue weighted by Gasteiger charge is -2.26. The smallest absolute Gasteiger partial charge is 0.351 e. The maximum Gasteiger partial charge on any atom is 0.460 e. The first-order valence-corrected chi connectivity index (χ1v) is 4.09. The van der Waals surface area contributed by atoms with Crippen LogP contribution in [0.1, 0.15) is 13.3 Å². The molecule has 0 saturated carbocycles. The predicted octanol–water partition coefficient (Wildman–Crippen LogP) is 2.35. The summed E-state index contributed by atoms with van der Waals surface area (Å²) in [5.41, 5.74) is 0. The molecule has 0 spiro atoms. The van der Waals surface area contributed by atoms with Gasteiger partial charge in [-0.2, -0.15) is 30.7 Å². The standard InChI is InChI=1S/C7H8F7NO/c1-2-3-15-4(16)5(8,9)6(10,11)7(12,13)14/h2-3H2,1H3,(H,15,16). The summed E-state index contributed by atoms with van der Waals surface area (Å²) < 4.78 is 84.4. The molecular formula is C7H8F7NO. The van der Waals surface area contributed by atoms with Gasteiger partial charge in [0.2, 0.25) is 0 Å². The highest BCUT2D eigenvalue weighted by Crippen LogP contribution is 2.46. The van der Waals surface area contributed by atoms with Crippen molar-refractivity contribution in [3.8, 4) is 0 Å². The van der Waals surface area contributed by atoms with E-state index in [1.807, 2.05) is 0 Å². The SMILES string of the molecule is CCCNC(=O)C(F)(F)C(F)(F)C(F)(F)F. The number of rotatable bonds is 4. The summed E-state index contributed by atoms with van der Waals surface area (Å²) in [5.74, 6) is -14.9. The zero-order chi connectivity index (χ0) is 13.2. The first kappa shape index (κ1) is 15.0. The van der Waals surface area contributed by atoms with Gasteiger partial charge in [0.05, 0.1) is 0 Å². The van der Waals surface area contributed by atoms with Crippen molar-refractivity contribution < 1.29 is 35.5 Å². The van der Waals surface area contributed by atoms with Crippen LogP contribution in [0.2, 0.25) is 0 Å². The monoisotopic (exact) mass is 255 g/mol. The van der Waals surface area contributed by atoms with Crippen LogP contribution in [0.25, 0.3) is 0 Å². The average molecular weight is 255 g/mol. The average Bonchev–Trinajstić information content (AvgIpc) is 2.11. The number of carbonyl (C=O) groups is 1. The number of nitrogens with one attached hydrogen (secondary N) is 1. The third-order valence-electron chi connectivity index (χ3n) is 1.57. The molecule has 1 amide bonds. The molecule has 0 aromatic rings. The van der Waals surface area contributed by atoms with Gasteiger partial charge in [0, 0.05) is 6.54 Å². The van der Waals surface area contributed by atoms with Crippen molar-refractivity contribution in [3.05, 3.63) is 0 Å². The maximum atomic E-state index is 12.5. The molecule has 0 radical (unpaired) electrons. The fourth-order valence-electron chi connectivity index (χ4n) is 0.670. The minimum atomic E-state index is -6.49. The van der Waals surface area contributed by atoms with Crippen LogP contribution < -0.4 is 5.32 Å². The second-order valence-corrected chi connectivity index (χ2v) is 2.90. The van der Waals surface area contributed by atoms with Crippen molar-refractivity contribution in [3.63, 3.8) is 0 Å². The minimum Gasteiger partial charge on any atom is -0.351 e. The van der Waals surface area contributed by atoms with E-state index < -0.39 is 30.5 Å². The van der Waals surface area contributed by atoms with Gasteiger partial charge in [-0.05, 0) is 6.42 Å². The maximum absolute atomic E-state index is 12.5. The Morgan fingerprint density at radius 2 is 1.50 bits per heavy atom. The summed E-state index contributed by atoms with van der Waals surface area (Å²) in [6.07, 6.45) is -6.36. The Balaban J connectivity index is 4.97. The number of hydrogen-bond donors (Lipinski definition) is 1. The molecule has 0 atom stereocenters. The van der Waals surface area contributed by atoms with Gasteiger partial charge in [-0.15, -0.1) is 0 Å².